The highest BCUT2D eigenvalue weighted by molar-refractivity contribution is 7.09. The number of amides is 1. The Bertz CT molecular complexity index is 327. The molecule has 2 N–H and O–H groups in total. The lowest BCUT2D eigenvalue weighted by Crippen LogP contribution is -2.46. The van der Waals surface area contributed by atoms with Gasteiger partial charge in [-0.2, -0.15) is 0 Å². The summed E-state index contributed by atoms with van der Waals surface area (Å²) in [5.74, 6) is 0.0471. The highest BCUT2D eigenvalue weighted by Crippen LogP contribution is 2.15. The van der Waals surface area contributed by atoms with Crippen molar-refractivity contribution in [1.82, 2.24) is 4.90 Å². The van der Waals surface area contributed by atoms with E-state index in [0.717, 1.165) is 0 Å². The summed E-state index contributed by atoms with van der Waals surface area (Å²) in [6.45, 7) is 6.65. The fourth-order valence-electron chi connectivity index (χ4n) is 1.47. The number of carbonyl (C=O) groups is 1. The van der Waals surface area contributed by atoms with Gasteiger partial charge in [-0.05, 0) is 31.7 Å². The summed E-state index contributed by atoms with van der Waals surface area (Å²) in [5, 5.41) is 2.03. The molecule has 0 aliphatic carbocycles. The third-order valence-corrected chi connectivity index (χ3v) is 3.43. The quantitative estimate of drug-likeness (QED) is 0.899. The first-order chi connectivity index (χ1) is 7.56. The van der Waals surface area contributed by atoms with E-state index in [1.54, 1.807) is 11.3 Å². The normalized spacial score (nSPS) is 12.1. The second-order valence-electron chi connectivity index (χ2n) is 4.15. The van der Waals surface area contributed by atoms with E-state index in [1.807, 2.05) is 43.2 Å². The van der Waals surface area contributed by atoms with E-state index in [1.165, 1.54) is 4.88 Å². The molecule has 0 aliphatic heterocycles. The molecule has 0 bridgehead atoms. The zero-order chi connectivity index (χ0) is 12.1. The second kappa shape index (κ2) is 7.69. The number of nitrogens with zero attached hydrogens (tertiary/aromatic N) is 1. The maximum absolute atomic E-state index is 12.0. The largest absolute Gasteiger partial charge is 0.334 e. The minimum Gasteiger partial charge on any atom is -0.334 e. The standard InChI is InChI=1S/C12H20N2OS.ClH/c1-4-11(13)12(15)14(9(2)3)8-10-6-5-7-16-10;/h5-7,9,11H,4,8,13H2,1-3H3;1H/t11-;/m0./s1. The fraction of sp³-hybridized carbons (Fsp3) is 0.583. The fourth-order valence-corrected chi connectivity index (χ4v) is 2.18. The van der Waals surface area contributed by atoms with Crippen LogP contribution in [0.5, 0.6) is 0 Å². The first kappa shape index (κ1) is 16.4. The molecule has 1 heterocycles. The van der Waals surface area contributed by atoms with Crippen LogP contribution < -0.4 is 5.73 Å². The van der Waals surface area contributed by atoms with Crippen molar-refractivity contribution in [3.8, 4) is 0 Å². The molecular formula is C12H21ClN2OS. The third-order valence-electron chi connectivity index (χ3n) is 2.57. The average Bonchev–Trinajstić information content (AvgIpc) is 2.76. The van der Waals surface area contributed by atoms with Crippen molar-refractivity contribution >= 4 is 29.7 Å². The van der Waals surface area contributed by atoms with Gasteiger partial charge in [0.05, 0.1) is 12.6 Å². The number of hydrogen-bond acceptors (Lipinski definition) is 3. The number of thiophene rings is 1. The molecule has 3 nitrogen and oxygen atoms in total. The first-order valence-electron chi connectivity index (χ1n) is 5.64. The Morgan fingerprint density at radius 1 is 1.53 bits per heavy atom. The van der Waals surface area contributed by atoms with Gasteiger partial charge in [0.1, 0.15) is 0 Å². The van der Waals surface area contributed by atoms with Crippen molar-refractivity contribution in [2.45, 2.75) is 45.8 Å². The van der Waals surface area contributed by atoms with Crippen LogP contribution >= 0.6 is 23.7 Å². The molecule has 0 aliphatic rings. The Morgan fingerprint density at radius 3 is 2.59 bits per heavy atom. The van der Waals surface area contributed by atoms with E-state index < -0.39 is 0 Å². The van der Waals surface area contributed by atoms with Gasteiger partial charge in [-0.3, -0.25) is 4.79 Å². The third kappa shape index (κ3) is 4.66. The van der Waals surface area contributed by atoms with Crippen LogP contribution in [0.3, 0.4) is 0 Å². The smallest absolute Gasteiger partial charge is 0.240 e. The van der Waals surface area contributed by atoms with Gasteiger partial charge in [-0.1, -0.05) is 13.0 Å². The van der Waals surface area contributed by atoms with E-state index in [4.69, 9.17) is 5.73 Å². The van der Waals surface area contributed by atoms with E-state index in [2.05, 4.69) is 0 Å². The zero-order valence-corrected chi connectivity index (χ0v) is 12.2. The topological polar surface area (TPSA) is 46.3 Å². The maximum atomic E-state index is 12.0. The molecule has 0 spiro atoms. The first-order valence-corrected chi connectivity index (χ1v) is 6.52. The monoisotopic (exact) mass is 276 g/mol. The molecule has 0 aromatic carbocycles. The lowest BCUT2D eigenvalue weighted by molar-refractivity contribution is -0.135. The van der Waals surface area contributed by atoms with Gasteiger partial charge in [-0.25, -0.2) is 0 Å². The molecule has 0 saturated heterocycles. The Hall–Kier alpha value is -0.580. The van der Waals surface area contributed by atoms with Crippen molar-refractivity contribution in [3.05, 3.63) is 22.4 Å². The van der Waals surface area contributed by atoms with Crippen LogP contribution in [0, 0.1) is 0 Å². The molecule has 1 atom stereocenters. The summed E-state index contributed by atoms with van der Waals surface area (Å²) >= 11 is 1.67. The van der Waals surface area contributed by atoms with Gasteiger partial charge in [-0.15, -0.1) is 23.7 Å². The zero-order valence-electron chi connectivity index (χ0n) is 10.6. The van der Waals surface area contributed by atoms with Gasteiger partial charge in [0.25, 0.3) is 0 Å². The highest BCUT2D eigenvalue weighted by Gasteiger charge is 2.22. The average molecular weight is 277 g/mol. The van der Waals surface area contributed by atoms with Crippen LogP contribution in [-0.2, 0) is 11.3 Å². The number of rotatable bonds is 5. The van der Waals surface area contributed by atoms with Gasteiger partial charge in [0.15, 0.2) is 0 Å². The van der Waals surface area contributed by atoms with Crippen LogP contribution in [0.25, 0.3) is 0 Å². The molecule has 0 fully saturated rings. The SMILES string of the molecule is CC[C@H](N)C(=O)N(Cc1cccs1)C(C)C.Cl. The Labute approximate surface area is 113 Å². The Morgan fingerprint density at radius 2 is 2.18 bits per heavy atom. The van der Waals surface area contributed by atoms with Gasteiger partial charge in [0.2, 0.25) is 5.91 Å². The number of halogens is 1. The molecule has 0 radical (unpaired) electrons. The van der Waals surface area contributed by atoms with Crippen molar-refractivity contribution in [1.29, 1.82) is 0 Å². The van der Waals surface area contributed by atoms with Crippen LogP contribution in [0.15, 0.2) is 17.5 Å². The summed E-state index contributed by atoms with van der Waals surface area (Å²) in [6, 6.07) is 3.86. The van der Waals surface area contributed by atoms with E-state index >= 15 is 0 Å². The van der Waals surface area contributed by atoms with Crippen molar-refractivity contribution in [2.75, 3.05) is 0 Å². The van der Waals surface area contributed by atoms with Crippen molar-refractivity contribution in [3.63, 3.8) is 0 Å². The highest BCUT2D eigenvalue weighted by atomic mass is 35.5. The Kier molecular flexibility index (Phi) is 7.43. The molecule has 0 unspecified atom stereocenters. The summed E-state index contributed by atoms with van der Waals surface area (Å²) in [7, 11) is 0. The predicted molar refractivity (Wildman–Crippen MR) is 75.5 cm³/mol. The van der Waals surface area contributed by atoms with Crippen molar-refractivity contribution < 1.29 is 4.79 Å². The van der Waals surface area contributed by atoms with E-state index in [-0.39, 0.29) is 30.4 Å². The van der Waals surface area contributed by atoms with Gasteiger partial charge >= 0.3 is 0 Å². The van der Waals surface area contributed by atoms with E-state index in [9.17, 15) is 4.79 Å². The summed E-state index contributed by atoms with van der Waals surface area (Å²) in [4.78, 5) is 15.1. The Balaban J connectivity index is 0.00000256. The summed E-state index contributed by atoms with van der Waals surface area (Å²) in [5.41, 5.74) is 5.80. The summed E-state index contributed by atoms with van der Waals surface area (Å²) < 4.78 is 0. The molecule has 0 saturated carbocycles. The molecule has 1 aromatic rings. The molecule has 1 aromatic heterocycles. The van der Waals surface area contributed by atoms with Crippen LogP contribution in [-0.4, -0.2) is 22.9 Å². The molecular weight excluding hydrogens is 256 g/mol. The lowest BCUT2D eigenvalue weighted by Gasteiger charge is -2.28. The lowest BCUT2D eigenvalue weighted by atomic mass is 10.2. The molecule has 98 valence electrons. The number of hydrogen-bond donors (Lipinski definition) is 1. The van der Waals surface area contributed by atoms with Crippen LogP contribution in [0.1, 0.15) is 32.1 Å². The molecule has 17 heavy (non-hydrogen) atoms. The van der Waals surface area contributed by atoms with E-state index in [0.29, 0.717) is 13.0 Å². The second-order valence-corrected chi connectivity index (χ2v) is 5.19. The maximum Gasteiger partial charge on any atom is 0.240 e. The molecule has 1 rings (SSSR count). The number of carbonyl (C=O) groups excluding carboxylic acids is 1. The molecule has 5 heteroatoms. The van der Waals surface area contributed by atoms with Crippen LogP contribution in [0.2, 0.25) is 0 Å². The molecule has 1 amide bonds. The van der Waals surface area contributed by atoms with Crippen LogP contribution in [0.4, 0.5) is 0 Å². The summed E-state index contributed by atoms with van der Waals surface area (Å²) in [6.07, 6.45) is 0.687. The van der Waals surface area contributed by atoms with Gasteiger partial charge in [0, 0.05) is 10.9 Å². The predicted octanol–water partition coefficient (Wildman–Crippen LogP) is 2.64. The minimum atomic E-state index is -0.373. The van der Waals surface area contributed by atoms with Crippen molar-refractivity contribution in [2.24, 2.45) is 5.73 Å². The van der Waals surface area contributed by atoms with Gasteiger partial charge < -0.3 is 10.6 Å². The minimum absolute atomic E-state index is 0. The number of nitrogens with two attached hydrogens (primary N) is 1.